The molecule has 29 heavy (non-hydrogen) atoms. The Hall–Kier alpha value is -3.32. The number of hydrogen-bond acceptors (Lipinski definition) is 6. The predicted octanol–water partition coefficient (Wildman–Crippen LogP) is 4.41. The summed E-state index contributed by atoms with van der Waals surface area (Å²) in [5.41, 5.74) is 1.74. The number of nitrogens with one attached hydrogen (secondary N) is 1. The lowest BCUT2D eigenvalue weighted by Gasteiger charge is -2.11. The van der Waals surface area contributed by atoms with E-state index in [-0.39, 0.29) is 5.91 Å². The Morgan fingerprint density at radius 1 is 0.931 bits per heavy atom. The van der Waals surface area contributed by atoms with Crippen molar-refractivity contribution in [2.45, 2.75) is 6.54 Å². The molecule has 4 rings (SSSR count). The van der Waals surface area contributed by atoms with Crippen LogP contribution in [0.15, 0.2) is 48.5 Å². The highest BCUT2D eigenvalue weighted by molar-refractivity contribution is 7.20. The van der Waals surface area contributed by atoms with Crippen molar-refractivity contribution in [2.24, 2.45) is 0 Å². The molecule has 2 aromatic carbocycles. The maximum atomic E-state index is 12.7. The molecular formula is C22H20N2O4S. The van der Waals surface area contributed by atoms with E-state index in [2.05, 4.69) is 10.3 Å². The minimum Gasteiger partial charge on any atom is -0.497 e. The van der Waals surface area contributed by atoms with Crippen LogP contribution < -0.4 is 19.5 Å². The Bertz CT molecular complexity index is 1200. The Balaban J connectivity index is 1.56. The number of thiophene rings is 1. The molecule has 0 spiro atoms. The molecule has 0 atom stereocenters. The first-order chi connectivity index (χ1) is 14.1. The van der Waals surface area contributed by atoms with Gasteiger partial charge in [0.25, 0.3) is 5.91 Å². The van der Waals surface area contributed by atoms with Crippen LogP contribution in [0.3, 0.4) is 0 Å². The second-order valence-electron chi connectivity index (χ2n) is 6.41. The van der Waals surface area contributed by atoms with E-state index in [0.29, 0.717) is 22.9 Å². The van der Waals surface area contributed by atoms with E-state index < -0.39 is 0 Å². The summed E-state index contributed by atoms with van der Waals surface area (Å²) in [5.74, 6) is 2.01. The van der Waals surface area contributed by atoms with Crippen molar-refractivity contribution in [3.63, 3.8) is 0 Å². The molecule has 0 radical (unpaired) electrons. The van der Waals surface area contributed by atoms with Gasteiger partial charge in [-0.3, -0.25) is 4.79 Å². The number of nitrogens with zero attached hydrogens (tertiary/aromatic N) is 1. The van der Waals surface area contributed by atoms with Gasteiger partial charge in [0.05, 0.1) is 31.7 Å². The molecule has 148 valence electrons. The number of pyridine rings is 1. The van der Waals surface area contributed by atoms with Crippen LogP contribution in [-0.4, -0.2) is 32.2 Å². The fourth-order valence-electron chi connectivity index (χ4n) is 3.11. The van der Waals surface area contributed by atoms with Gasteiger partial charge in [-0.1, -0.05) is 0 Å². The second-order valence-corrected chi connectivity index (χ2v) is 7.44. The molecule has 0 saturated carbocycles. The van der Waals surface area contributed by atoms with E-state index in [0.717, 1.165) is 32.4 Å². The van der Waals surface area contributed by atoms with E-state index in [1.807, 2.05) is 42.5 Å². The van der Waals surface area contributed by atoms with Gasteiger partial charge >= 0.3 is 0 Å². The van der Waals surface area contributed by atoms with Crippen molar-refractivity contribution in [3.05, 3.63) is 59.0 Å². The van der Waals surface area contributed by atoms with E-state index in [9.17, 15) is 4.79 Å². The maximum absolute atomic E-state index is 12.7. The zero-order valence-electron chi connectivity index (χ0n) is 16.3. The number of methoxy groups -OCH3 is 3. The lowest BCUT2D eigenvalue weighted by Crippen LogP contribution is -2.22. The number of carbonyl (C=O) groups is 1. The summed E-state index contributed by atoms with van der Waals surface area (Å²) in [6, 6.07) is 15.2. The number of rotatable bonds is 6. The van der Waals surface area contributed by atoms with Crippen molar-refractivity contribution in [1.29, 1.82) is 0 Å². The van der Waals surface area contributed by atoms with E-state index in [1.54, 1.807) is 27.4 Å². The summed E-state index contributed by atoms with van der Waals surface area (Å²) in [6.07, 6.45) is 0. The van der Waals surface area contributed by atoms with Gasteiger partial charge in [-0.2, -0.15) is 0 Å². The minimum atomic E-state index is -0.146. The monoisotopic (exact) mass is 408 g/mol. The zero-order valence-corrected chi connectivity index (χ0v) is 17.1. The van der Waals surface area contributed by atoms with Crippen molar-refractivity contribution in [1.82, 2.24) is 10.3 Å². The van der Waals surface area contributed by atoms with Crippen molar-refractivity contribution < 1.29 is 19.0 Å². The Morgan fingerprint density at radius 2 is 1.69 bits per heavy atom. The number of fused-ring (bicyclic) bond motifs is 2. The molecule has 0 unspecified atom stereocenters. The molecule has 4 aromatic rings. The van der Waals surface area contributed by atoms with Crippen molar-refractivity contribution >= 4 is 38.4 Å². The molecule has 0 fully saturated rings. The Kier molecular flexibility index (Phi) is 5.22. The summed E-state index contributed by atoms with van der Waals surface area (Å²) >= 11 is 1.38. The van der Waals surface area contributed by atoms with Crippen LogP contribution >= 0.6 is 11.3 Å². The van der Waals surface area contributed by atoms with Gasteiger partial charge in [0.2, 0.25) is 0 Å². The van der Waals surface area contributed by atoms with Gasteiger partial charge in [0.1, 0.15) is 22.1 Å². The smallest absolute Gasteiger partial charge is 0.261 e. The fraction of sp³-hybridized carbons (Fsp3) is 0.182. The van der Waals surface area contributed by atoms with Crippen LogP contribution in [-0.2, 0) is 6.54 Å². The maximum Gasteiger partial charge on any atom is 0.261 e. The summed E-state index contributed by atoms with van der Waals surface area (Å²) in [7, 11) is 4.83. The van der Waals surface area contributed by atoms with Gasteiger partial charge in [0, 0.05) is 28.9 Å². The summed E-state index contributed by atoms with van der Waals surface area (Å²) in [4.78, 5) is 18.8. The first kappa shape index (κ1) is 19.0. The number of amides is 1. The molecular weight excluding hydrogens is 388 g/mol. The molecule has 0 aliphatic heterocycles. The van der Waals surface area contributed by atoms with E-state index in [1.165, 1.54) is 11.3 Å². The molecule has 0 saturated heterocycles. The Labute approximate surface area is 172 Å². The van der Waals surface area contributed by atoms with Crippen LogP contribution in [0.2, 0.25) is 0 Å². The average Bonchev–Trinajstić information content (AvgIpc) is 3.18. The van der Waals surface area contributed by atoms with Crippen LogP contribution in [0.5, 0.6) is 17.2 Å². The molecule has 1 N–H and O–H groups in total. The third-order valence-electron chi connectivity index (χ3n) is 4.67. The molecule has 2 heterocycles. The standard InChI is InChI=1S/C22H20N2O4S/c1-26-16-6-7-18-14(9-16)8-15-10-20(29-22(15)24-18)21(25)23-12-13-4-5-17(27-2)11-19(13)28-3/h4-11H,12H2,1-3H3,(H,23,25). The number of hydrogen-bond donors (Lipinski definition) is 1. The lowest BCUT2D eigenvalue weighted by atomic mass is 10.1. The van der Waals surface area contributed by atoms with Crippen molar-refractivity contribution in [2.75, 3.05) is 21.3 Å². The largest absolute Gasteiger partial charge is 0.497 e. The van der Waals surface area contributed by atoms with Crippen LogP contribution in [0.25, 0.3) is 21.1 Å². The Morgan fingerprint density at radius 3 is 2.45 bits per heavy atom. The number of aromatic nitrogens is 1. The molecule has 6 nitrogen and oxygen atoms in total. The average molecular weight is 408 g/mol. The SMILES string of the molecule is COc1ccc(CNC(=O)c2cc3cc4cc(OC)ccc4nc3s2)c(OC)c1. The lowest BCUT2D eigenvalue weighted by molar-refractivity contribution is 0.0955. The molecule has 0 bridgehead atoms. The van der Waals surface area contributed by atoms with Crippen LogP contribution in [0.4, 0.5) is 0 Å². The first-order valence-electron chi connectivity index (χ1n) is 8.98. The summed E-state index contributed by atoms with van der Waals surface area (Å²) < 4.78 is 15.9. The quantitative estimate of drug-likeness (QED) is 0.512. The van der Waals surface area contributed by atoms with Crippen LogP contribution in [0, 0.1) is 0 Å². The van der Waals surface area contributed by atoms with Gasteiger partial charge in [0.15, 0.2) is 0 Å². The minimum absolute atomic E-state index is 0.146. The molecule has 7 heteroatoms. The summed E-state index contributed by atoms with van der Waals surface area (Å²) in [5, 5.41) is 4.86. The van der Waals surface area contributed by atoms with Crippen molar-refractivity contribution in [3.8, 4) is 17.2 Å². The highest BCUT2D eigenvalue weighted by atomic mass is 32.1. The van der Waals surface area contributed by atoms with Crippen LogP contribution in [0.1, 0.15) is 15.2 Å². The third-order valence-corrected chi connectivity index (χ3v) is 5.71. The summed E-state index contributed by atoms with van der Waals surface area (Å²) in [6.45, 7) is 0.354. The topological polar surface area (TPSA) is 69.7 Å². The first-order valence-corrected chi connectivity index (χ1v) is 9.80. The molecule has 2 aromatic heterocycles. The van der Waals surface area contributed by atoms with Gasteiger partial charge in [-0.05, 0) is 42.5 Å². The van der Waals surface area contributed by atoms with E-state index >= 15 is 0 Å². The second kappa shape index (κ2) is 7.97. The van der Waals surface area contributed by atoms with Gasteiger partial charge < -0.3 is 19.5 Å². The number of benzene rings is 2. The highest BCUT2D eigenvalue weighted by Gasteiger charge is 2.13. The predicted molar refractivity (Wildman–Crippen MR) is 114 cm³/mol. The highest BCUT2D eigenvalue weighted by Crippen LogP contribution is 2.29. The molecule has 0 aliphatic rings. The van der Waals surface area contributed by atoms with Gasteiger partial charge in [-0.25, -0.2) is 4.98 Å². The zero-order chi connectivity index (χ0) is 20.4. The number of ether oxygens (including phenoxy) is 3. The normalized spacial score (nSPS) is 10.9. The number of carbonyl (C=O) groups excluding carboxylic acids is 1. The molecule has 0 aliphatic carbocycles. The van der Waals surface area contributed by atoms with E-state index in [4.69, 9.17) is 14.2 Å². The molecule has 1 amide bonds. The van der Waals surface area contributed by atoms with Gasteiger partial charge in [-0.15, -0.1) is 11.3 Å². The fourth-order valence-corrected chi connectivity index (χ4v) is 4.05. The third kappa shape index (κ3) is 3.82.